The highest BCUT2D eigenvalue weighted by Crippen LogP contribution is 2.08. The van der Waals surface area contributed by atoms with Gasteiger partial charge in [-0.05, 0) is 0 Å². The molecule has 0 bridgehead atoms. The molecule has 0 radical (unpaired) electrons. The number of carbonyl (C=O) groups is 2. The Morgan fingerprint density at radius 2 is 1.56 bits per heavy atom. The summed E-state index contributed by atoms with van der Waals surface area (Å²) in [6, 6.07) is 17.8. The van der Waals surface area contributed by atoms with Crippen molar-refractivity contribution in [3.05, 3.63) is 82.8 Å². The van der Waals surface area contributed by atoms with Gasteiger partial charge in [0.05, 0.1) is 17.5 Å². The molecule has 7 nitrogen and oxygen atoms in total. The first-order chi connectivity index (χ1) is 13.1. The van der Waals surface area contributed by atoms with Crippen LogP contribution in [0.5, 0.6) is 0 Å². The van der Waals surface area contributed by atoms with Gasteiger partial charge in [-0.2, -0.15) is 0 Å². The second-order valence-corrected chi connectivity index (χ2v) is 5.98. The summed E-state index contributed by atoms with van der Waals surface area (Å²) in [5.41, 5.74) is 7.42. The fraction of sp³-hybridized carbons (Fsp3) is 0.0500. The molecule has 0 aliphatic carbocycles. The minimum Gasteiger partial charge on any atom is -0.368 e. The summed E-state index contributed by atoms with van der Waals surface area (Å²) in [5, 5.41) is 8.10. The molecule has 0 amide bonds. The molecule has 2 N–H and O–H groups in total. The maximum Gasteiger partial charge on any atom is 0.257 e. The van der Waals surface area contributed by atoms with Crippen molar-refractivity contribution < 1.29 is 9.59 Å². The lowest BCUT2D eigenvalue weighted by Crippen LogP contribution is -2.20. The van der Waals surface area contributed by atoms with E-state index in [0.29, 0.717) is 22.2 Å². The normalized spacial score (nSPS) is 11.8. The number of ketones is 2. The number of Topliss-reactive ketones (excluding diaryl/α,β-unsaturated/α-hetero) is 2. The lowest BCUT2D eigenvalue weighted by molar-refractivity contribution is 0.0990. The van der Waals surface area contributed by atoms with Crippen molar-refractivity contribution in [1.29, 1.82) is 0 Å². The van der Waals surface area contributed by atoms with Gasteiger partial charge in [0.15, 0.2) is 11.6 Å². The molecular weight excluding hydrogens is 342 g/mol. The van der Waals surface area contributed by atoms with E-state index >= 15 is 0 Å². The Labute approximate surface area is 154 Å². The third-order valence-electron chi connectivity index (χ3n) is 4.19. The van der Waals surface area contributed by atoms with Crippen LogP contribution in [-0.4, -0.2) is 31.1 Å². The van der Waals surface area contributed by atoms with E-state index in [4.69, 9.17) is 5.73 Å². The largest absolute Gasteiger partial charge is 0.368 e. The standard InChI is InChI=1S/C20H15N5O2/c21-19-23-24-20-22-15(11-17(26)13-7-3-1-4-8-13)16(25(19)20)12-18(27)14-9-5-2-6-10-14/h1-10,12H,11H2,(H2,21,23)/b16-12+. The Morgan fingerprint density at radius 3 is 2.22 bits per heavy atom. The fourth-order valence-electron chi connectivity index (χ4n) is 2.86. The first kappa shape index (κ1) is 16.6. The molecule has 2 aromatic heterocycles. The first-order valence-electron chi connectivity index (χ1n) is 8.32. The second kappa shape index (κ2) is 6.80. The Morgan fingerprint density at radius 1 is 0.926 bits per heavy atom. The van der Waals surface area contributed by atoms with Gasteiger partial charge in [0.25, 0.3) is 5.78 Å². The summed E-state index contributed by atoms with van der Waals surface area (Å²) >= 11 is 0. The van der Waals surface area contributed by atoms with Gasteiger partial charge in [0, 0.05) is 17.2 Å². The van der Waals surface area contributed by atoms with Crippen molar-refractivity contribution in [2.45, 2.75) is 6.42 Å². The van der Waals surface area contributed by atoms with E-state index in [1.165, 1.54) is 10.5 Å². The van der Waals surface area contributed by atoms with Gasteiger partial charge in [-0.25, -0.2) is 9.38 Å². The number of hydrogen-bond donors (Lipinski definition) is 1. The van der Waals surface area contributed by atoms with Gasteiger partial charge in [-0.1, -0.05) is 60.7 Å². The number of nitrogens with two attached hydrogens (primary N) is 1. The van der Waals surface area contributed by atoms with E-state index < -0.39 is 0 Å². The highest BCUT2D eigenvalue weighted by molar-refractivity contribution is 6.17. The number of benzene rings is 2. The van der Waals surface area contributed by atoms with E-state index in [1.807, 2.05) is 12.1 Å². The van der Waals surface area contributed by atoms with Gasteiger partial charge in [-0.3, -0.25) is 9.59 Å². The van der Waals surface area contributed by atoms with Crippen LogP contribution in [0.1, 0.15) is 26.4 Å². The molecule has 0 saturated heterocycles. The summed E-state index contributed by atoms with van der Waals surface area (Å²) in [7, 11) is 0. The minimum absolute atomic E-state index is 0.0285. The van der Waals surface area contributed by atoms with Crippen LogP contribution in [0.2, 0.25) is 0 Å². The smallest absolute Gasteiger partial charge is 0.257 e. The van der Waals surface area contributed by atoms with Gasteiger partial charge < -0.3 is 5.73 Å². The number of hydrogen-bond acceptors (Lipinski definition) is 6. The van der Waals surface area contributed by atoms with Crippen LogP contribution < -0.4 is 11.1 Å². The summed E-state index contributed by atoms with van der Waals surface area (Å²) < 4.78 is 1.48. The molecule has 0 fully saturated rings. The molecule has 2 heterocycles. The molecule has 132 valence electrons. The number of carbonyl (C=O) groups excluding carboxylic acids is 2. The molecule has 0 aliphatic rings. The van der Waals surface area contributed by atoms with Crippen molar-refractivity contribution in [2.24, 2.45) is 0 Å². The SMILES string of the molecule is Nc1nnc2nc(CC(=O)c3ccccc3)/c(=C\C(=O)c3ccccc3)n12. The Balaban J connectivity index is 1.80. The molecule has 2 aromatic carbocycles. The summed E-state index contributed by atoms with van der Waals surface area (Å²) in [6.07, 6.45) is 1.45. The molecular formula is C20H15N5O2. The summed E-state index contributed by atoms with van der Waals surface area (Å²) in [5.74, 6) is 0.0506. The van der Waals surface area contributed by atoms with Crippen LogP contribution >= 0.6 is 0 Å². The molecule has 0 spiro atoms. The Bertz CT molecular complexity index is 1180. The van der Waals surface area contributed by atoms with E-state index in [1.54, 1.807) is 48.5 Å². The van der Waals surface area contributed by atoms with Gasteiger partial charge >= 0.3 is 0 Å². The van der Waals surface area contributed by atoms with Crippen LogP contribution in [0.15, 0.2) is 60.7 Å². The maximum absolute atomic E-state index is 12.6. The Hall–Kier alpha value is -3.87. The van der Waals surface area contributed by atoms with E-state index in [9.17, 15) is 9.59 Å². The number of nitrogen functional groups attached to an aromatic ring is 1. The van der Waals surface area contributed by atoms with Crippen molar-refractivity contribution in [3.8, 4) is 0 Å². The molecule has 0 atom stereocenters. The van der Waals surface area contributed by atoms with Crippen LogP contribution in [0, 0.1) is 0 Å². The average molecular weight is 357 g/mol. The van der Waals surface area contributed by atoms with Crippen molar-refractivity contribution in [2.75, 3.05) is 5.73 Å². The van der Waals surface area contributed by atoms with Gasteiger partial charge in [0.1, 0.15) is 0 Å². The molecule has 4 aromatic rings. The molecule has 0 saturated carbocycles. The van der Waals surface area contributed by atoms with Crippen LogP contribution in [0.4, 0.5) is 5.95 Å². The molecule has 7 heteroatoms. The number of fused-ring (bicyclic) bond motifs is 1. The average Bonchev–Trinajstić information content (AvgIpc) is 3.23. The van der Waals surface area contributed by atoms with Gasteiger partial charge in [-0.15, -0.1) is 10.2 Å². The van der Waals surface area contributed by atoms with Crippen LogP contribution in [-0.2, 0) is 6.42 Å². The highest BCUT2D eigenvalue weighted by atomic mass is 16.1. The zero-order valence-corrected chi connectivity index (χ0v) is 14.2. The maximum atomic E-state index is 12.6. The number of rotatable bonds is 5. The van der Waals surface area contributed by atoms with Crippen LogP contribution in [0.3, 0.4) is 0 Å². The zero-order valence-electron chi connectivity index (χ0n) is 14.2. The number of nitrogens with zero attached hydrogens (tertiary/aromatic N) is 4. The zero-order chi connectivity index (χ0) is 18.8. The van der Waals surface area contributed by atoms with Crippen molar-refractivity contribution in [1.82, 2.24) is 19.6 Å². The molecule has 4 rings (SSSR count). The predicted octanol–water partition coefficient (Wildman–Crippen LogP) is 1.51. The number of imidazole rings is 1. The summed E-state index contributed by atoms with van der Waals surface area (Å²) in [4.78, 5) is 29.6. The first-order valence-corrected chi connectivity index (χ1v) is 8.32. The number of anilines is 1. The molecule has 0 aliphatic heterocycles. The third kappa shape index (κ3) is 3.18. The fourth-order valence-corrected chi connectivity index (χ4v) is 2.86. The molecule has 0 unspecified atom stereocenters. The summed E-state index contributed by atoms with van der Waals surface area (Å²) in [6.45, 7) is 0. The van der Waals surface area contributed by atoms with Crippen molar-refractivity contribution in [3.63, 3.8) is 0 Å². The quantitative estimate of drug-likeness (QED) is 0.543. The topological polar surface area (TPSA) is 103 Å². The van der Waals surface area contributed by atoms with E-state index in [0.717, 1.165) is 0 Å². The second-order valence-electron chi connectivity index (χ2n) is 5.98. The highest BCUT2D eigenvalue weighted by Gasteiger charge is 2.17. The van der Waals surface area contributed by atoms with Crippen LogP contribution in [0.25, 0.3) is 11.9 Å². The van der Waals surface area contributed by atoms with Crippen molar-refractivity contribution >= 4 is 29.4 Å². The minimum atomic E-state index is -0.216. The monoisotopic (exact) mass is 357 g/mol. The third-order valence-corrected chi connectivity index (χ3v) is 4.19. The Kier molecular flexibility index (Phi) is 4.18. The predicted molar refractivity (Wildman–Crippen MR) is 100 cm³/mol. The van der Waals surface area contributed by atoms with E-state index in [-0.39, 0.29) is 29.7 Å². The lowest BCUT2D eigenvalue weighted by Gasteiger charge is -1.99. The lowest BCUT2D eigenvalue weighted by atomic mass is 10.1. The molecule has 27 heavy (non-hydrogen) atoms. The van der Waals surface area contributed by atoms with Gasteiger partial charge in [0.2, 0.25) is 5.95 Å². The number of aromatic nitrogens is 4. The van der Waals surface area contributed by atoms with E-state index in [2.05, 4.69) is 15.2 Å².